The van der Waals surface area contributed by atoms with Crippen molar-refractivity contribution < 1.29 is 49.5 Å². The van der Waals surface area contributed by atoms with E-state index in [0.29, 0.717) is 5.92 Å². The van der Waals surface area contributed by atoms with Gasteiger partial charge >= 0.3 is 170 Å². The van der Waals surface area contributed by atoms with Crippen LogP contribution in [0.1, 0.15) is 5.56 Å². The quantitative estimate of drug-likeness (QED) is 0.402. The molecule has 0 spiro atoms. The van der Waals surface area contributed by atoms with E-state index in [-0.39, 0.29) is 24.8 Å². The van der Waals surface area contributed by atoms with Gasteiger partial charge in [0.2, 0.25) is 0 Å². The molecule has 0 bridgehead atoms. The van der Waals surface area contributed by atoms with Gasteiger partial charge in [-0.15, -0.1) is 0 Å². The zero-order valence-corrected chi connectivity index (χ0v) is 23.0. The topological polar surface area (TPSA) is 0 Å². The van der Waals surface area contributed by atoms with Crippen LogP contribution in [0.15, 0.2) is 55.7 Å². The number of thiocarbonyl (C=S) groups is 1. The molecule has 2 aliphatic carbocycles. The second-order valence-corrected chi connectivity index (χ2v) is 20.6. The molecular formula is C20H25Cl2SSi2Zr. The van der Waals surface area contributed by atoms with Crippen molar-refractivity contribution >= 4 is 38.8 Å². The first-order valence-corrected chi connectivity index (χ1v) is 17.2. The Kier molecular flexibility index (Phi) is 7.93. The van der Waals surface area contributed by atoms with Crippen molar-refractivity contribution in [2.45, 2.75) is 39.3 Å². The summed E-state index contributed by atoms with van der Waals surface area (Å²) in [6, 6.07) is 10.9. The third kappa shape index (κ3) is 4.21. The molecule has 0 fully saturated rings. The van der Waals surface area contributed by atoms with Crippen molar-refractivity contribution in [2.75, 3.05) is 0 Å². The first-order valence-electron chi connectivity index (χ1n) is 8.56. The molecule has 0 saturated carbocycles. The summed E-state index contributed by atoms with van der Waals surface area (Å²) in [5.41, 5.74) is 4.37. The van der Waals surface area contributed by atoms with Crippen LogP contribution in [0.5, 0.6) is 0 Å². The summed E-state index contributed by atoms with van der Waals surface area (Å²) in [7, 11) is -2.85. The van der Waals surface area contributed by atoms with Gasteiger partial charge in [-0.3, -0.25) is 0 Å². The van der Waals surface area contributed by atoms with E-state index >= 15 is 0 Å². The Morgan fingerprint density at radius 1 is 0.885 bits per heavy atom. The van der Waals surface area contributed by atoms with E-state index in [1.54, 1.807) is 38.4 Å². The van der Waals surface area contributed by atoms with Gasteiger partial charge in [-0.2, -0.15) is 0 Å². The zero-order valence-electron chi connectivity index (χ0n) is 16.2. The van der Waals surface area contributed by atoms with Gasteiger partial charge in [-0.05, 0) is 0 Å². The molecule has 0 heterocycles. The van der Waals surface area contributed by atoms with Crippen LogP contribution in [0.25, 0.3) is 5.57 Å². The monoisotopic (exact) mass is 513 g/mol. The average molecular weight is 516 g/mol. The van der Waals surface area contributed by atoms with Gasteiger partial charge in [0, 0.05) is 0 Å². The van der Waals surface area contributed by atoms with Crippen LogP contribution in [0.2, 0.25) is 39.3 Å². The standard InChI is InChI=1S/C20H25SSi2.2ClH.Zr/c1-22(2,3)17-12-15(14-10-8-7-9-11-14)16-13-18(23(4,5)6)20(21)19(16)17;;;/h7-12,16H,1-6H3;2*1H;/q;;;+2/p-2. The fourth-order valence-electron chi connectivity index (χ4n) is 3.83. The second kappa shape index (κ2) is 8.43. The molecule has 6 heteroatoms. The van der Waals surface area contributed by atoms with Crippen molar-refractivity contribution in [1.29, 1.82) is 0 Å². The molecule has 0 N–H and O–H groups in total. The smallest absolute Gasteiger partial charge is 1.00 e. The fourth-order valence-corrected chi connectivity index (χ4v) is 12.6. The van der Waals surface area contributed by atoms with Gasteiger partial charge in [0.05, 0.1) is 0 Å². The van der Waals surface area contributed by atoms with Gasteiger partial charge < -0.3 is 24.8 Å². The third-order valence-corrected chi connectivity index (χ3v) is 11.5. The minimum Gasteiger partial charge on any atom is -1.00 e. The summed E-state index contributed by atoms with van der Waals surface area (Å²) < 4.78 is 1.62. The Morgan fingerprint density at radius 3 is 1.88 bits per heavy atom. The van der Waals surface area contributed by atoms with Crippen molar-refractivity contribution in [3.63, 3.8) is 0 Å². The Labute approximate surface area is 193 Å². The Hall–Kier alpha value is 0.427. The molecular weight excluding hydrogens is 491 g/mol. The number of allylic oxidation sites excluding steroid dienone is 6. The van der Waals surface area contributed by atoms with Gasteiger partial charge in [0.1, 0.15) is 0 Å². The summed E-state index contributed by atoms with van der Waals surface area (Å²) in [4.78, 5) is 1.21. The molecule has 3 rings (SSSR count). The van der Waals surface area contributed by atoms with E-state index in [2.05, 4.69) is 75.7 Å². The molecule has 0 aliphatic heterocycles. The summed E-state index contributed by atoms with van der Waals surface area (Å²) >= 11 is 7.62. The zero-order chi connectivity index (χ0) is 17.9. The maximum absolute atomic E-state index is 6.07. The average Bonchev–Trinajstić information content (AvgIpc) is 2.97. The molecule has 1 atom stereocenters. The number of hydrogen-bond donors (Lipinski definition) is 0. The number of rotatable bonds is 3. The molecule has 1 aromatic rings. The SMILES string of the molecule is C[Si](C)(C)C1=C2C(=S)C([Si](C)(C)C)=[C]([Zr+2])C2C(c2ccccc2)=C1.[Cl-].[Cl-]. The predicted octanol–water partition coefficient (Wildman–Crippen LogP) is -0.0564. The molecule has 26 heavy (non-hydrogen) atoms. The van der Waals surface area contributed by atoms with Crippen LogP contribution < -0.4 is 24.8 Å². The first kappa shape index (κ1) is 24.5. The second-order valence-electron chi connectivity index (χ2n) is 8.84. The molecule has 1 aromatic carbocycles. The first-order chi connectivity index (χ1) is 11.0. The van der Waals surface area contributed by atoms with E-state index in [4.69, 9.17) is 12.2 Å². The number of halogens is 2. The van der Waals surface area contributed by atoms with E-state index in [9.17, 15) is 0 Å². The molecule has 0 nitrogen and oxygen atoms in total. The third-order valence-electron chi connectivity index (χ3n) is 4.88. The minimum atomic E-state index is -1.43. The summed E-state index contributed by atoms with van der Waals surface area (Å²) in [6.45, 7) is 14.7. The maximum atomic E-state index is 6.07. The largest absolute Gasteiger partial charge is 1.00 e. The number of benzene rings is 1. The van der Waals surface area contributed by atoms with Crippen LogP contribution in [0.3, 0.4) is 0 Å². The van der Waals surface area contributed by atoms with Crippen LogP contribution in [-0.2, 0) is 24.7 Å². The molecule has 0 aromatic heterocycles. The Morgan fingerprint density at radius 2 is 1.42 bits per heavy atom. The molecule has 2 aliphatic rings. The van der Waals surface area contributed by atoms with Gasteiger partial charge in [-0.1, -0.05) is 0 Å². The van der Waals surface area contributed by atoms with E-state index < -0.39 is 16.1 Å². The molecule has 0 saturated heterocycles. The normalized spacial score (nSPS) is 19.9. The van der Waals surface area contributed by atoms with Crippen LogP contribution in [0, 0.1) is 5.92 Å². The fraction of sp³-hybridized carbons (Fsp3) is 0.350. The van der Waals surface area contributed by atoms with Crippen LogP contribution >= 0.6 is 12.2 Å². The van der Waals surface area contributed by atoms with Crippen LogP contribution in [0.4, 0.5) is 0 Å². The van der Waals surface area contributed by atoms with Gasteiger partial charge in [0.25, 0.3) is 0 Å². The van der Waals surface area contributed by atoms with Crippen molar-refractivity contribution in [3.05, 3.63) is 61.2 Å². The summed E-state index contributed by atoms with van der Waals surface area (Å²) in [6.07, 6.45) is 2.50. The van der Waals surface area contributed by atoms with Crippen molar-refractivity contribution in [2.24, 2.45) is 5.92 Å². The molecule has 0 amide bonds. The summed E-state index contributed by atoms with van der Waals surface area (Å²) in [5.74, 6) is 0.446. The number of hydrogen-bond acceptors (Lipinski definition) is 1. The minimum absolute atomic E-state index is 0. The Balaban J connectivity index is 0.00000169. The van der Waals surface area contributed by atoms with E-state index in [0.717, 1.165) is 0 Å². The van der Waals surface area contributed by atoms with E-state index in [1.165, 1.54) is 21.6 Å². The predicted molar refractivity (Wildman–Crippen MR) is 111 cm³/mol. The summed E-state index contributed by atoms with van der Waals surface area (Å²) in [5, 5.41) is 3.16. The van der Waals surface area contributed by atoms with Gasteiger partial charge in [-0.25, -0.2) is 0 Å². The van der Waals surface area contributed by atoms with Crippen LogP contribution in [-0.4, -0.2) is 21.0 Å². The van der Waals surface area contributed by atoms with E-state index in [1.807, 2.05) is 0 Å². The van der Waals surface area contributed by atoms with Crippen molar-refractivity contribution in [1.82, 2.24) is 0 Å². The Bertz CT molecular complexity index is 812. The molecule has 0 radical (unpaired) electrons. The molecule has 137 valence electrons. The number of fused-ring (bicyclic) bond motifs is 1. The maximum Gasteiger partial charge on any atom is -1.00 e. The van der Waals surface area contributed by atoms with Crippen molar-refractivity contribution in [3.8, 4) is 0 Å². The molecule has 1 unspecified atom stereocenters. The van der Waals surface area contributed by atoms with Gasteiger partial charge in [0.15, 0.2) is 0 Å².